The Balaban J connectivity index is 1.28. The van der Waals surface area contributed by atoms with Crippen LogP contribution in [0.2, 0.25) is 0 Å². The van der Waals surface area contributed by atoms with Crippen molar-refractivity contribution in [2.75, 3.05) is 29.6 Å². The van der Waals surface area contributed by atoms with Gasteiger partial charge in [-0.2, -0.15) is 0 Å². The van der Waals surface area contributed by atoms with Gasteiger partial charge in [-0.3, -0.25) is 14.4 Å². The predicted octanol–water partition coefficient (Wildman–Crippen LogP) is 3.02. The van der Waals surface area contributed by atoms with Crippen molar-refractivity contribution in [1.29, 1.82) is 0 Å². The monoisotopic (exact) mass is 575 g/mol. The van der Waals surface area contributed by atoms with Crippen LogP contribution in [0, 0.1) is 11.8 Å². The normalized spacial score (nSPS) is 25.5. The second-order valence-electron chi connectivity index (χ2n) is 11.9. The molecule has 3 aliphatic heterocycles. The molecule has 0 aliphatic carbocycles. The molecular formula is C31H37N5O6. The van der Waals surface area contributed by atoms with Gasteiger partial charge in [0.2, 0.25) is 0 Å². The van der Waals surface area contributed by atoms with Crippen molar-refractivity contribution in [2.24, 2.45) is 11.8 Å². The lowest BCUT2D eigenvalue weighted by molar-refractivity contribution is -0.146. The molecule has 0 unspecified atom stereocenters. The summed E-state index contributed by atoms with van der Waals surface area (Å²) in [7, 11) is 0. The number of fused-ring (bicyclic) bond motifs is 2. The van der Waals surface area contributed by atoms with E-state index in [1.807, 2.05) is 55.5 Å². The molecule has 0 bridgehead atoms. The minimum Gasteiger partial charge on any atom is -0.447 e. The van der Waals surface area contributed by atoms with Crippen molar-refractivity contribution in [2.45, 2.75) is 64.0 Å². The Bertz CT molecular complexity index is 1470. The Morgan fingerprint density at radius 3 is 2.57 bits per heavy atom. The van der Waals surface area contributed by atoms with E-state index in [2.05, 4.69) is 10.3 Å². The van der Waals surface area contributed by atoms with Gasteiger partial charge in [0.15, 0.2) is 5.60 Å². The Hall–Kier alpha value is -3.80. The van der Waals surface area contributed by atoms with E-state index in [4.69, 9.17) is 9.47 Å². The number of benzene rings is 2. The highest BCUT2D eigenvalue weighted by molar-refractivity contribution is 6.07. The lowest BCUT2D eigenvalue weighted by Gasteiger charge is -2.34. The number of carbonyl (C=O) groups is 2. The first kappa shape index (κ1) is 28.3. The topological polar surface area (TPSA) is 130 Å². The maximum absolute atomic E-state index is 14.5. The average Bonchev–Trinajstić information content (AvgIpc) is 3.72. The maximum atomic E-state index is 14.5. The van der Waals surface area contributed by atoms with Crippen LogP contribution in [0.25, 0.3) is 0 Å². The van der Waals surface area contributed by atoms with Crippen LogP contribution in [0.15, 0.2) is 54.7 Å². The number of cyclic esters (lactones) is 1. The number of aromatic nitrogens is 3. The predicted molar refractivity (Wildman–Crippen MR) is 154 cm³/mol. The number of nitrogens with zero attached hydrogens (tertiary/aromatic N) is 5. The maximum Gasteiger partial charge on any atom is 0.414 e. The molecule has 4 heterocycles. The first-order valence-corrected chi connectivity index (χ1v) is 14.5. The summed E-state index contributed by atoms with van der Waals surface area (Å²) in [6.45, 7) is 7.27. The number of rotatable bonds is 9. The summed E-state index contributed by atoms with van der Waals surface area (Å²) < 4.78 is 13.6. The standard InChI is InChI=1S/C31H37N5O6/c1-20-27(30(2,3)40)26(12-14-34-19-22(13-16-37)32-33-34)42-31(20)24-6-4-5-7-25(24)36(28(31)38)18-21-8-10-23(11-9-21)35-15-17-41-29(35)39/h4-11,19-20,26-27,37,40H,12-18H2,1-3H3/t20-,26+,27-,31+/m0/s1. The number of aryl methyl sites for hydroxylation is 1. The smallest absolute Gasteiger partial charge is 0.414 e. The molecule has 4 atom stereocenters. The molecule has 3 aliphatic rings. The summed E-state index contributed by atoms with van der Waals surface area (Å²) in [5.41, 5.74) is 1.63. The molecule has 3 aromatic rings. The second-order valence-corrected chi connectivity index (χ2v) is 11.9. The van der Waals surface area contributed by atoms with Gasteiger partial charge in [-0.25, -0.2) is 4.79 Å². The van der Waals surface area contributed by atoms with E-state index in [9.17, 15) is 19.8 Å². The molecule has 1 aromatic heterocycles. The van der Waals surface area contributed by atoms with Gasteiger partial charge in [-0.05, 0) is 44.0 Å². The van der Waals surface area contributed by atoms with Crippen molar-refractivity contribution in [3.63, 3.8) is 0 Å². The lowest BCUT2D eigenvalue weighted by atomic mass is 9.71. The Morgan fingerprint density at radius 2 is 1.88 bits per heavy atom. The number of aliphatic hydroxyl groups excluding tert-OH is 1. The summed E-state index contributed by atoms with van der Waals surface area (Å²) >= 11 is 0. The van der Waals surface area contributed by atoms with E-state index >= 15 is 0 Å². The van der Waals surface area contributed by atoms with Gasteiger partial charge in [0.1, 0.15) is 6.61 Å². The average molecular weight is 576 g/mol. The first-order chi connectivity index (χ1) is 20.1. The molecule has 222 valence electrons. The third-order valence-electron chi connectivity index (χ3n) is 8.84. The van der Waals surface area contributed by atoms with E-state index in [0.717, 1.165) is 22.5 Å². The van der Waals surface area contributed by atoms with E-state index in [1.165, 1.54) is 0 Å². The SMILES string of the molecule is C[C@H]1[C@H](C(C)(C)O)[C@@H](CCn2cc(CCO)nn2)O[C@]12C(=O)N(Cc1ccc(N3CCOC3=O)cc1)c1ccccc12. The van der Waals surface area contributed by atoms with Crippen molar-refractivity contribution in [3.05, 3.63) is 71.5 Å². The minimum atomic E-state index is -1.24. The number of carbonyl (C=O) groups excluding carboxylic acids is 2. The number of aliphatic hydroxyl groups is 2. The zero-order valence-corrected chi connectivity index (χ0v) is 24.1. The van der Waals surface area contributed by atoms with Crippen LogP contribution in [0.1, 0.15) is 44.0 Å². The van der Waals surface area contributed by atoms with Crippen LogP contribution in [-0.4, -0.2) is 68.7 Å². The Labute approximate surface area is 244 Å². The molecule has 2 aromatic carbocycles. The molecule has 2 N–H and O–H groups in total. The summed E-state index contributed by atoms with van der Waals surface area (Å²) in [5, 5.41) is 28.8. The summed E-state index contributed by atoms with van der Waals surface area (Å²) in [6, 6.07) is 15.3. The van der Waals surface area contributed by atoms with Gasteiger partial charge in [0.25, 0.3) is 5.91 Å². The highest BCUT2D eigenvalue weighted by atomic mass is 16.6. The zero-order valence-electron chi connectivity index (χ0n) is 24.1. The van der Waals surface area contributed by atoms with E-state index in [-0.39, 0.29) is 30.4 Å². The fourth-order valence-corrected chi connectivity index (χ4v) is 6.99. The zero-order chi connectivity index (χ0) is 29.6. The number of para-hydroxylation sites is 1. The molecule has 2 fully saturated rings. The fraction of sp³-hybridized carbons (Fsp3) is 0.484. The third-order valence-corrected chi connectivity index (χ3v) is 8.84. The van der Waals surface area contributed by atoms with Crippen molar-refractivity contribution >= 4 is 23.4 Å². The van der Waals surface area contributed by atoms with Crippen LogP contribution in [0.5, 0.6) is 0 Å². The first-order valence-electron chi connectivity index (χ1n) is 14.5. The third kappa shape index (κ3) is 4.75. The molecule has 11 heteroatoms. The number of hydrogen-bond donors (Lipinski definition) is 2. The molecular weight excluding hydrogens is 538 g/mol. The summed E-state index contributed by atoms with van der Waals surface area (Å²) in [6.07, 6.45) is 1.99. The second kappa shape index (κ2) is 10.8. The summed E-state index contributed by atoms with van der Waals surface area (Å²) in [4.78, 5) is 29.8. The minimum absolute atomic E-state index is 0.000480. The molecule has 0 saturated carbocycles. The Kier molecular flexibility index (Phi) is 7.28. The highest BCUT2D eigenvalue weighted by Gasteiger charge is 2.65. The molecule has 0 radical (unpaired) electrons. The van der Waals surface area contributed by atoms with Gasteiger partial charge in [0.05, 0.1) is 36.2 Å². The number of ether oxygens (including phenoxy) is 2. The van der Waals surface area contributed by atoms with Gasteiger partial charge in [-0.1, -0.05) is 42.5 Å². The van der Waals surface area contributed by atoms with Gasteiger partial charge < -0.3 is 24.6 Å². The highest BCUT2D eigenvalue weighted by Crippen LogP contribution is 2.57. The van der Waals surface area contributed by atoms with Crippen LogP contribution >= 0.6 is 0 Å². The lowest BCUT2D eigenvalue weighted by Crippen LogP contribution is -2.46. The quantitative estimate of drug-likeness (QED) is 0.398. The van der Waals surface area contributed by atoms with E-state index < -0.39 is 17.3 Å². The molecule has 2 saturated heterocycles. The number of anilines is 2. The molecule has 1 spiro atoms. The molecule has 6 rings (SSSR count). The van der Waals surface area contributed by atoms with Gasteiger partial charge in [-0.15, -0.1) is 5.10 Å². The van der Waals surface area contributed by atoms with Crippen LogP contribution < -0.4 is 9.80 Å². The van der Waals surface area contributed by atoms with Crippen LogP contribution in [0.3, 0.4) is 0 Å². The molecule has 42 heavy (non-hydrogen) atoms. The van der Waals surface area contributed by atoms with Crippen LogP contribution in [0.4, 0.5) is 16.2 Å². The van der Waals surface area contributed by atoms with Gasteiger partial charge in [0, 0.05) is 48.9 Å². The van der Waals surface area contributed by atoms with Crippen LogP contribution in [-0.2, 0) is 39.4 Å². The van der Waals surface area contributed by atoms with E-state index in [1.54, 1.807) is 34.5 Å². The molecule has 11 nitrogen and oxygen atoms in total. The molecule has 2 amide bonds. The van der Waals surface area contributed by atoms with E-state index in [0.29, 0.717) is 44.8 Å². The number of amides is 2. The fourth-order valence-electron chi connectivity index (χ4n) is 6.99. The number of hydrogen-bond acceptors (Lipinski definition) is 8. The summed E-state index contributed by atoms with van der Waals surface area (Å²) in [5.74, 6) is -0.786. The van der Waals surface area contributed by atoms with Crippen molar-refractivity contribution < 1.29 is 29.3 Å². The Morgan fingerprint density at radius 1 is 1.12 bits per heavy atom. The van der Waals surface area contributed by atoms with Crippen molar-refractivity contribution in [3.8, 4) is 0 Å². The van der Waals surface area contributed by atoms with Crippen molar-refractivity contribution in [1.82, 2.24) is 15.0 Å². The van der Waals surface area contributed by atoms with Gasteiger partial charge >= 0.3 is 6.09 Å². The largest absolute Gasteiger partial charge is 0.447 e.